The minimum absolute atomic E-state index is 0.0424. The van der Waals surface area contributed by atoms with Crippen LogP contribution in [0.5, 0.6) is 11.5 Å². The summed E-state index contributed by atoms with van der Waals surface area (Å²) in [6.07, 6.45) is 0. The number of nitrogens with zero attached hydrogens (tertiary/aromatic N) is 1. The molecule has 2 amide bonds. The molecular formula is C23H31N3O4. The van der Waals surface area contributed by atoms with Gasteiger partial charge in [-0.3, -0.25) is 9.59 Å². The first-order valence-electron chi connectivity index (χ1n) is 10.00. The number of likely N-dealkylation sites (N-methyl/N-ethyl adjacent to an activating group) is 1. The highest BCUT2D eigenvalue weighted by molar-refractivity contribution is 5.94. The van der Waals surface area contributed by atoms with Crippen LogP contribution in [-0.2, 0) is 11.3 Å². The molecule has 0 aliphatic rings. The third-order valence-corrected chi connectivity index (χ3v) is 4.31. The van der Waals surface area contributed by atoms with Crippen molar-refractivity contribution in [2.45, 2.75) is 26.4 Å². The summed E-state index contributed by atoms with van der Waals surface area (Å²) in [7, 11) is 3.51. The predicted molar refractivity (Wildman–Crippen MR) is 117 cm³/mol. The Kier molecular flexibility index (Phi) is 9.15. The molecule has 0 atom stereocenters. The van der Waals surface area contributed by atoms with Crippen LogP contribution < -0.4 is 20.1 Å². The number of carbonyl (C=O) groups is 2. The first-order valence-corrected chi connectivity index (χ1v) is 10.00. The van der Waals surface area contributed by atoms with Gasteiger partial charge in [-0.2, -0.15) is 0 Å². The van der Waals surface area contributed by atoms with Crippen LogP contribution in [0, 0.1) is 0 Å². The molecule has 0 aliphatic carbocycles. The highest BCUT2D eigenvalue weighted by atomic mass is 16.5. The van der Waals surface area contributed by atoms with E-state index in [0.29, 0.717) is 23.6 Å². The molecule has 0 radical (unpaired) electrons. The zero-order valence-corrected chi connectivity index (χ0v) is 18.1. The number of benzene rings is 2. The molecule has 2 aromatic carbocycles. The van der Waals surface area contributed by atoms with Gasteiger partial charge < -0.3 is 25.0 Å². The molecule has 0 aliphatic heterocycles. The Hall–Kier alpha value is -3.06. The van der Waals surface area contributed by atoms with Crippen molar-refractivity contribution >= 4 is 11.8 Å². The summed E-state index contributed by atoms with van der Waals surface area (Å²) < 4.78 is 10.8. The van der Waals surface area contributed by atoms with Crippen molar-refractivity contribution in [2.24, 2.45) is 0 Å². The maximum absolute atomic E-state index is 12.5. The Labute approximate surface area is 178 Å². The second kappa shape index (κ2) is 11.8. The molecular weight excluding hydrogens is 382 g/mol. The van der Waals surface area contributed by atoms with Crippen molar-refractivity contribution in [1.82, 2.24) is 15.5 Å². The Balaban J connectivity index is 1.84. The largest absolute Gasteiger partial charge is 0.493 e. The average Bonchev–Trinajstić information content (AvgIpc) is 2.72. The van der Waals surface area contributed by atoms with E-state index in [1.54, 1.807) is 18.2 Å². The second-order valence-electron chi connectivity index (χ2n) is 7.36. The lowest BCUT2D eigenvalue weighted by atomic mass is 10.2. The molecule has 0 spiro atoms. The molecule has 2 N–H and O–H groups in total. The highest BCUT2D eigenvalue weighted by Gasteiger charge is 2.13. The molecule has 0 saturated carbocycles. The van der Waals surface area contributed by atoms with Crippen molar-refractivity contribution in [3.63, 3.8) is 0 Å². The van der Waals surface area contributed by atoms with E-state index in [-0.39, 0.29) is 24.5 Å². The molecule has 2 aromatic rings. The first kappa shape index (κ1) is 23.2. The molecule has 0 bridgehead atoms. The van der Waals surface area contributed by atoms with E-state index in [1.165, 1.54) is 12.7 Å². The van der Waals surface area contributed by atoms with Gasteiger partial charge in [0.1, 0.15) is 0 Å². The molecule has 0 heterocycles. The maximum Gasteiger partial charge on any atom is 0.258 e. The van der Waals surface area contributed by atoms with Crippen molar-refractivity contribution in [3.8, 4) is 11.5 Å². The van der Waals surface area contributed by atoms with E-state index in [2.05, 4.69) is 27.7 Å². The third-order valence-electron chi connectivity index (χ3n) is 4.31. The standard InChI is InChI=1S/C23H31N3O4/c1-17(2)25-22(27)16-30-20-11-10-19(14-21(20)29-4)23(28)24-12-13-26(3)15-18-8-6-5-7-9-18/h5-11,14,17H,12-13,15-16H2,1-4H3,(H,24,28)(H,25,27). The lowest BCUT2D eigenvalue weighted by Crippen LogP contribution is -2.34. The van der Waals surface area contributed by atoms with Crippen molar-refractivity contribution in [1.29, 1.82) is 0 Å². The van der Waals surface area contributed by atoms with Crippen molar-refractivity contribution in [2.75, 3.05) is 33.9 Å². The van der Waals surface area contributed by atoms with Crippen molar-refractivity contribution < 1.29 is 19.1 Å². The lowest BCUT2D eigenvalue weighted by Gasteiger charge is -2.17. The van der Waals surface area contributed by atoms with Crippen LogP contribution in [0.15, 0.2) is 48.5 Å². The monoisotopic (exact) mass is 413 g/mol. The first-order chi connectivity index (χ1) is 14.4. The number of carbonyl (C=O) groups excluding carboxylic acids is 2. The number of amides is 2. The smallest absolute Gasteiger partial charge is 0.258 e. The molecule has 0 aromatic heterocycles. The molecule has 0 saturated heterocycles. The SMILES string of the molecule is COc1cc(C(=O)NCCN(C)Cc2ccccc2)ccc1OCC(=O)NC(C)C. The van der Waals surface area contributed by atoms with Crippen LogP contribution in [0.25, 0.3) is 0 Å². The molecule has 0 unspecified atom stereocenters. The Morgan fingerprint density at radius 3 is 2.47 bits per heavy atom. The Morgan fingerprint density at radius 2 is 1.80 bits per heavy atom. The van der Waals surface area contributed by atoms with E-state index in [1.807, 2.05) is 39.1 Å². The van der Waals surface area contributed by atoms with Gasteiger partial charge in [-0.15, -0.1) is 0 Å². The van der Waals surface area contributed by atoms with Gasteiger partial charge in [0.15, 0.2) is 18.1 Å². The van der Waals surface area contributed by atoms with Crippen LogP contribution >= 0.6 is 0 Å². The van der Waals surface area contributed by atoms with Gasteiger partial charge in [-0.25, -0.2) is 0 Å². The molecule has 0 fully saturated rings. The normalized spacial score (nSPS) is 10.7. The number of methoxy groups -OCH3 is 1. The van der Waals surface area contributed by atoms with Crippen LogP contribution in [0.4, 0.5) is 0 Å². The van der Waals surface area contributed by atoms with E-state index in [0.717, 1.165) is 13.1 Å². The minimum atomic E-state index is -0.214. The molecule has 30 heavy (non-hydrogen) atoms. The Morgan fingerprint density at radius 1 is 1.07 bits per heavy atom. The topological polar surface area (TPSA) is 79.9 Å². The van der Waals surface area contributed by atoms with Gasteiger partial charge in [0, 0.05) is 31.2 Å². The molecule has 162 valence electrons. The fourth-order valence-corrected chi connectivity index (χ4v) is 2.87. The van der Waals surface area contributed by atoms with Crippen molar-refractivity contribution in [3.05, 3.63) is 59.7 Å². The summed E-state index contributed by atoms with van der Waals surface area (Å²) in [6.45, 7) is 5.72. The molecule has 2 rings (SSSR count). The fourth-order valence-electron chi connectivity index (χ4n) is 2.87. The van der Waals surface area contributed by atoms with E-state index < -0.39 is 0 Å². The summed E-state index contributed by atoms with van der Waals surface area (Å²) >= 11 is 0. The van der Waals surface area contributed by atoms with E-state index in [4.69, 9.17) is 9.47 Å². The summed E-state index contributed by atoms with van der Waals surface area (Å²) in [4.78, 5) is 26.4. The van der Waals surface area contributed by atoms with Gasteiger partial charge in [0.2, 0.25) is 0 Å². The van der Waals surface area contributed by atoms with Gasteiger partial charge >= 0.3 is 0 Å². The lowest BCUT2D eigenvalue weighted by molar-refractivity contribution is -0.123. The highest BCUT2D eigenvalue weighted by Crippen LogP contribution is 2.28. The summed E-state index contributed by atoms with van der Waals surface area (Å²) in [5, 5.41) is 5.67. The summed E-state index contributed by atoms with van der Waals surface area (Å²) in [5.41, 5.74) is 1.70. The number of hydrogen-bond donors (Lipinski definition) is 2. The zero-order valence-electron chi connectivity index (χ0n) is 18.1. The molecule has 7 heteroatoms. The molecule has 7 nitrogen and oxygen atoms in total. The predicted octanol–water partition coefficient (Wildman–Crippen LogP) is 2.46. The number of ether oxygens (including phenoxy) is 2. The Bertz CT molecular complexity index is 824. The van der Waals surface area contributed by atoms with Crippen LogP contribution in [0.1, 0.15) is 29.8 Å². The van der Waals surface area contributed by atoms with Crippen LogP contribution in [0.3, 0.4) is 0 Å². The van der Waals surface area contributed by atoms with E-state index >= 15 is 0 Å². The van der Waals surface area contributed by atoms with Gasteiger partial charge in [-0.05, 0) is 44.7 Å². The number of hydrogen-bond acceptors (Lipinski definition) is 5. The maximum atomic E-state index is 12.5. The zero-order chi connectivity index (χ0) is 21.9. The minimum Gasteiger partial charge on any atom is -0.493 e. The van der Waals surface area contributed by atoms with Gasteiger partial charge in [0.25, 0.3) is 11.8 Å². The quantitative estimate of drug-likeness (QED) is 0.592. The van der Waals surface area contributed by atoms with Gasteiger partial charge in [0.05, 0.1) is 7.11 Å². The van der Waals surface area contributed by atoms with E-state index in [9.17, 15) is 9.59 Å². The fraction of sp³-hybridized carbons (Fsp3) is 0.391. The average molecular weight is 414 g/mol. The van der Waals surface area contributed by atoms with Crippen LogP contribution in [-0.4, -0.2) is 56.6 Å². The van der Waals surface area contributed by atoms with Gasteiger partial charge in [-0.1, -0.05) is 30.3 Å². The summed E-state index contributed by atoms with van der Waals surface area (Å²) in [6, 6.07) is 15.1. The van der Waals surface area contributed by atoms with Crippen LogP contribution in [0.2, 0.25) is 0 Å². The number of nitrogens with one attached hydrogen (secondary N) is 2. The third kappa shape index (κ3) is 7.75. The summed E-state index contributed by atoms with van der Waals surface area (Å²) in [5.74, 6) is 0.413. The number of rotatable bonds is 11. The second-order valence-corrected chi connectivity index (χ2v) is 7.36.